The number of hydrogen-bond donors (Lipinski definition) is 0. The summed E-state index contributed by atoms with van der Waals surface area (Å²) in [6.45, 7) is 0. The van der Waals surface area contributed by atoms with Crippen LogP contribution in [0.5, 0.6) is 0 Å². The minimum Gasteiger partial charge on any atom is -0.455 e. The Bertz CT molecular complexity index is 3870. The first-order valence-corrected chi connectivity index (χ1v) is 23.8. The normalized spacial score (nSPS) is 12.8. The second kappa shape index (κ2) is 15.6. The Balaban J connectivity index is 1.01. The van der Waals surface area contributed by atoms with E-state index in [-0.39, 0.29) is 0 Å². The van der Waals surface area contributed by atoms with Gasteiger partial charge in [-0.15, -0.1) is 0 Å². The van der Waals surface area contributed by atoms with Gasteiger partial charge in [0.1, 0.15) is 11.2 Å². The summed E-state index contributed by atoms with van der Waals surface area (Å²) in [6, 6.07) is 95.9. The van der Waals surface area contributed by atoms with Gasteiger partial charge in [-0.05, 0) is 132 Å². The maximum Gasteiger partial charge on any atom is 0.143 e. The number of benzene rings is 11. The third-order valence-corrected chi connectivity index (χ3v) is 14.7. The zero-order chi connectivity index (χ0) is 45.5. The third kappa shape index (κ3) is 5.99. The second-order valence-electron chi connectivity index (χ2n) is 18.3. The molecule has 69 heavy (non-hydrogen) atoms. The molecule has 0 unspecified atom stereocenters. The Morgan fingerprint density at radius 3 is 1.35 bits per heavy atom. The number of nitrogens with zero attached hydrogens (tertiary/aromatic N) is 1. The summed E-state index contributed by atoms with van der Waals surface area (Å²) in [5.74, 6) is 0. The standard InChI is InChI=1S/C67H43NO/c1-3-16-44(17-4-1)46-30-35-49(36-31-46)68(50-37-32-47(33-38-50)52-25-15-26-60-59-24-11-14-29-65(59)69-66(52)60)51-39-41-58-57-40-34-48(45-18-5-2-6-19-45)42-63(57)67(64(58)43-51)61-27-12-9-22-55(61)53-20-7-8-21-54(53)56-23-10-13-28-62(56)67/h1-43H. The molecule has 0 saturated carbocycles. The van der Waals surface area contributed by atoms with Crippen molar-refractivity contribution < 1.29 is 4.42 Å². The van der Waals surface area contributed by atoms with Crippen LogP contribution in [0.4, 0.5) is 17.1 Å². The molecule has 0 amide bonds. The molecule has 1 heterocycles. The van der Waals surface area contributed by atoms with Crippen LogP contribution in [0.3, 0.4) is 0 Å². The second-order valence-corrected chi connectivity index (χ2v) is 18.3. The topological polar surface area (TPSA) is 16.4 Å². The molecule has 322 valence electrons. The molecule has 0 radical (unpaired) electrons. The lowest BCUT2D eigenvalue weighted by atomic mass is 9.65. The first-order chi connectivity index (χ1) is 34.2. The first kappa shape index (κ1) is 39.2. The monoisotopic (exact) mass is 877 g/mol. The molecule has 0 aliphatic heterocycles. The number of hydrogen-bond acceptors (Lipinski definition) is 2. The van der Waals surface area contributed by atoms with E-state index in [0.29, 0.717) is 0 Å². The molecule has 2 aliphatic carbocycles. The molecule has 0 saturated heterocycles. The van der Waals surface area contributed by atoms with Crippen molar-refractivity contribution >= 4 is 39.0 Å². The van der Waals surface area contributed by atoms with Gasteiger partial charge in [0.25, 0.3) is 0 Å². The fraction of sp³-hybridized carbons (Fsp3) is 0.0149. The van der Waals surface area contributed by atoms with E-state index in [9.17, 15) is 0 Å². The average Bonchev–Trinajstić information content (AvgIpc) is 3.92. The Morgan fingerprint density at radius 1 is 0.261 bits per heavy atom. The van der Waals surface area contributed by atoms with E-state index in [1.54, 1.807) is 0 Å². The summed E-state index contributed by atoms with van der Waals surface area (Å²) in [7, 11) is 0. The predicted molar refractivity (Wildman–Crippen MR) is 286 cm³/mol. The van der Waals surface area contributed by atoms with E-state index in [1.165, 1.54) is 77.9 Å². The van der Waals surface area contributed by atoms with Crippen LogP contribution >= 0.6 is 0 Å². The third-order valence-electron chi connectivity index (χ3n) is 14.7. The molecule has 0 atom stereocenters. The lowest BCUT2D eigenvalue weighted by Gasteiger charge is -2.36. The molecule has 0 fully saturated rings. The Morgan fingerprint density at radius 2 is 0.696 bits per heavy atom. The molecular formula is C67H43NO. The molecule has 2 heteroatoms. The average molecular weight is 878 g/mol. The molecule has 0 bridgehead atoms. The number of rotatable bonds is 6. The summed E-state index contributed by atoms with van der Waals surface area (Å²) in [5.41, 5.74) is 24.0. The minimum atomic E-state index is -0.657. The van der Waals surface area contributed by atoms with Crippen molar-refractivity contribution in [2.75, 3.05) is 4.90 Å². The highest BCUT2D eigenvalue weighted by Crippen LogP contribution is 2.62. The molecule has 2 nitrogen and oxygen atoms in total. The molecule has 0 N–H and O–H groups in total. The van der Waals surface area contributed by atoms with E-state index >= 15 is 0 Å². The van der Waals surface area contributed by atoms with Gasteiger partial charge in [-0.25, -0.2) is 0 Å². The fourth-order valence-corrected chi connectivity index (χ4v) is 11.7. The zero-order valence-electron chi connectivity index (χ0n) is 37.7. The van der Waals surface area contributed by atoms with Gasteiger partial charge in [0.15, 0.2) is 0 Å². The molecule has 1 spiro atoms. The van der Waals surface area contributed by atoms with Crippen molar-refractivity contribution in [1.29, 1.82) is 0 Å². The van der Waals surface area contributed by atoms with Gasteiger partial charge >= 0.3 is 0 Å². The summed E-state index contributed by atoms with van der Waals surface area (Å²) < 4.78 is 6.53. The van der Waals surface area contributed by atoms with E-state index in [1.807, 2.05) is 6.07 Å². The van der Waals surface area contributed by atoms with Crippen LogP contribution in [-0.4, -0.2) is 0 Å². The quantitative estimate of drug-likeness (QED) is 0.165. The predicted octanol–water partition coefficient (Wildman–Crippen LogP) is 18.1. The van der Waals surface area contributed by atoms with Gasteiger partial charge in [-0.2, -0.15) is 0 Å². The van der Waals surface area contributed by atoms with Gasteiger partial charge in [-0.3, -0.25) is 0 Å². The minimum absolute atomic E-state index is 0.657. The lowest BCUT2D eigenvalue weighted by molar-refractivity contribution is 0.670. The molecule has 1 aromatic heterocycles. The van der Waals surface area contributed by atoms with Gasteiger partial charge in [-0.1, -0.05) is 212 Å². The fourth-order valence-electron chi connectivity index (χ4n) is 11.7. The summed E-state index contributed by atoms with van der Waals surface area (Å²) >= 11 is 0. The van der Waals surface area contributed by atoms with Crippen molar-refractivity contribution in [2.45, 2.75) is 5.41 Å². The number of fused-ring (bicyclic) bond motifs is 15. The summed E-state index contributed by atoms with van der Waals surface area (Å²) in [6.07, 6.45) is 0. The Labute approximate surface area is 401 Å². The van der Waals surface area contributed by atoms with E-state index < -0.39 is 5.41 Å². The molecule has 11 aromatic carbocycles. The van der Waals surface area contributed by atoms with E-state index in [4.69, 9.17) is 4.42 Å². The number of para-hydroxylation sites is 2. The zero-order valence-corrected chi connectivity index (χ0v) is 37.7. The van der Waals surface area contributed by atoms with Crippen LogP contribution < -0.4 is 4.90 Å². The van der Waals surface area contributed by atoms with E-state index in [0.717, 1.165) is 50.1 Å². The summed E-state index contributed by atoms with van der Waals surface area (Å²) in [4.78, 5) is 2.43. The Hall–Kier alpha value is -8.98. The molecule has 14 rings (SSSR count). The van der Waals surface area contributed by atoms with Crippen LogP contribution in [0.15, 0.2) is 265 Å². The van der Waals surface area contributed by atoms with Crippen molar-refractivity contribution in [2.24, 2.45) is 0 Å². The van der Waals surface area contributed by atoms with Crippen LogP contribution in [0.2, 0.25) is 0 Å². The summed E-state index contributed by atoms with van der Waals surface area (Å²) in [5, 5.41) is 2.26. The number of anilines is 3. The van der Waals surface area contributed by atoms with Crippen molar-refractivity contribution in [3.05, 3.63) is 283 Å². The SMILES string of the molecule is c1ccc(-c2ccc(N(c3ccc(-c4cccc5c4oc4ccccc45)cc3)c3ccc4c(c3)C3(c5ccccc5-c5ccccc5-c5ccccc53)c3cc(-c5ccccc5)ccc3-4)cc2)cc1. The highest BCUT2D eigenvalue weighted by molar-refractivity contribution is 6.09. The molecule has 2 aliphatic rings. The van der Waals surface area contributed by atoms with Crippen molar-refractivity contribution in [1.82, 2.24) is 0 Å². The highest BCUT2D eigenvalue weighted by atomic mass is 16.3. The van der Waals surface area contributed by atoms with Crippen molar-refractivity contribution in [3.8, 4) is 66.8 Å². The molecular weight excluding hydrogens is 835 g/mol. The largest absolute Gasteiger partial charge is 0.455 e. The van der Waals surface area contributed by atoms with E-state index in [2.05, 4.69) is 260 Å². The Kier molecular flexibility index (Phi) is 8.84. The first-order valence-electron chi connectivity index (χ1n) is 23.8. The van der Waals surface area contributed by atoms with Crippen LogP contribution in [-0.2, 0) is 5.41 Å². The maximum atomic E-state index is 6.53. The van der Waals surface area contributed by atoms with Crippen molar-refractivity contribution in [3.63, 3.8) is 0 Å². The van der Waals surface area contributed by atoms with Gasteiger partial charge < -0.3 is 9.32 Å². The lowest BCUT2D eigenvalue weighted by Crippen LogP contribution is -2.29. The smallest absolute Gasteiger partial charge is 0.143 e. The van der Waals surface area contributed by atoms with Crippen LogP contribution in [0.1, 0.15) is 22.3 Å². The number of furan rings is 1. The highest BCUT2D eigenvalue weighted by Gasteiger charge is 2.50. The van der Waals surface area contributed by atoms with Crippen LogP contribution in [0.25, 0.3) is 88.7 Å². The molecule has 12 aromatic rings. The maximum absolute atomic E-state index is 6.53. The van der Waals surface area contributed by atoms with Crippen LogP contribution in [0, 0.1) is 0 Å². The van der Waals surface area contributed by atoms with Gasteiger partial charge in [0, 0.05) is 33.4 Å². The van der Waals surface area contributed by atoms with Gasteiger partial charge in [0.2, 0.25) is 0 Å². The van der Waals surface area contributed by atoms with Gasteiger partial charge in [0.05, 0.1) is 5.41 Å².